The maximum atomic E-state index is 13.3. The Labute approximate surface area is 177 Å². The molecular weight excluding hydrogens is 383 g/mol. The van der Waals surface area contributed by atoms with Crippen molar-refractivity contribution in [3.8, 4) is 0 Å². The van der Waals surface area contributed by atoms with Gasteiger partial charge in [-0.25, -0.2) is 9.37 Å². The smallest absolute Gasteiger partial charge is 0.173 e. The van der Waals surface area contributed by atoms with Crippen LogP contribution in [0.4, 0.5) is 10.1 Å². The molecule has 4 nitrogen and oxygen atoms in total. The van der Waals surface area contributed by atoms with Gasteiger partial charge >= 0.3 is 0 Å². The Morgan fingerprint density at radius 2 is 1.83 bits per heavy atom. The maximum Gasteiger partial charge on any atom is 0.173 e. The Bertz CT molecular complexity index is 929. The molecule has 0 bridgehead atoms. The van der Waals surface area contributed by atoms with Crippen molar-refractivity contribution >= 4 is 23.0 Å². The molecule has 2 aromatic carbocycles. The molecule has 1 heterocycles. The lowest BCUT2D eigenvalue weighted by molar-refractivity contribution is 0.395. The van der Waals surface area contributed by atoms with E-state index in [-0.39, 0.29) is 5.82 Å². The van der Waals surface area contributed by atoms with Crippen LogP contribution in [0.3, 0.4) is 0 Å². The van der Waals surface area contributed by atoms with Gasteiger partial charge in [-0.2, -0.15) is 0 Å². The van der Waals surface area contributed by atoms with E-state index in [2.05, 4.69) is 52.7 Å². The Morgan fingerprint density at radius 1 is 1.14 bits per heavy atom. The van der Waals surface area contributed by atoms with Crippen molar-refractivity contribution in [3.05, 3.63) is 83.2 Å². The fraction of sp³-hybridized carbons (Fsp3) is 0.304. The second-order valence-corrected chi connectivity index (χ2v) is 7.79. The minimum Gasteiger partial charge on any atom is -0.345 e. The number of rotatable bonds is 7. The zero-order valence-corrected chi connectivity index (χ0v) is 18.0. The summed E-state index contributed by atoms with van der Waals surface area (Å²) in [5, 5.41) is 4.12. The monoisotopic (exact) mass is 410 g/mol. The molecule has 0 saturated heterocycles. The quantitative estimate of drug-likeness (QED) is 0.540. The Morgan fingerprint density at radius 3 is 2.45 bits per heavy atom. The van der Waals surface area contributed by atoms with E-state index in [9.17, 15) is 4.39 Å². The normalized spacial score (nSPS) is 10.8. The SMILES string of the molecule is Cc1cc(C)c(NC(=S)N(CCCn2ccnc2)Cc2ccc(F)cc2)c(C)c1. The minimum atomic E-state index is -0.230. The topological polar surface area (TPSA) is 33.1 Å². The van der Waals surface area contributed by atoms with E-state index in [0.29, 0.717) is 11.7 Å². The highest BCUT2D eigenvalue weighted by Crippen LogP contribution is 2.23. The molecule has 0 radical (unpaired) electrons. The molecule has 0 aliphatic heterocycles. The summed E-state index contributed by atoms with van der Waals surface area (Å²) in [5.74, 6) is -0.230. The van der Waals surface area contributed by atoms with E-state index in [1.807, 2.05) is 24.7 Å². The molecule has 0 aliphatic carbocycles. The number of aryl methyl sites for hydroxylation is 4. The Kier molecular flexibility index (Phi) is 6.99. The molecule has 152 valence electrons. The molecule has 1 N–H and O–H groups in total. The van der Waals surface area contributed by atoms with Crippen molar-refractivity contribution in [1.29, 1.82) is 0 Å². The fourth-order valence-corrected chi connectivity index (χ4v) is 3.75. The molecule has 1 aromatic heterocycles. The van der Waals surface area contributed by atoms with Gasteiger partial charge in [0.05, 0.1) is 6.33 Å². The second-order valence-electron chi connectivity index (χ2n) is 7.41. The number of anilines is 1. The molecule has 0 unspecified atom stereocenters. The number of hydrogen-bond donors (Lipinski definition) is 1. The van der Waals surface area contributed by atoms with E-state index in [0.717, 1.165) is 30.8 Å². The highest BCUT2D eigenvalue weighted by Gasteiger charge is 2.13. The number of halogens is 1. The summed E-state index contributed by atoms with van der Waals surface area (Å²) in [6.45, 7) is 8.55. The zero-order valence-electron chi connectivity index (χ0n) is 17.2. The number of aromatic nitrogens is 2. The van der Waals surface area contributed by atoms with Crippen LogP contribution in [0.5, 0.6) is 0 Å². The Balaban J connectivity index is 1.73. The van der Waals surface area contributed by atoms with Gasteiger partial charge in [0.25, 0.3) is 0 Å². The van der Waals surface area contributed by atoms with Crippen LogP contribution in [0.25, 0.3) is 0 Å². The Hall–Kier alpha value is -2.73. The first-order valence-electron chi connectivity index (χ1n) is 9.76. The van der Waals surface area contributed by atoms with Gasteiger partial charge in [-0.15, -0.1) is 0 Å². The van der Waals surface area contributed by atoms with Crippen molar-refractivity contribution in [2.75, 3.05) is 11.9 Å². The summed E-state index contributed by atoms with van der Waals surface area (Å²) < 4.78 is 15.3. The first-order valence-corrected chi connectivity index (χ1v) is 10.2. The number of nitrogens with one attached hydrogen (secondary N) is 1. The van der Waals surface area contributed by atoms with Crippen LogP contribution in [0.1, 0.15) is 28.7 Å². The van der Waals surface area contributed by atoms with Crippen LogP contribution in [0.2, 0.25) is 0 Å². The lowest BCUT2D eigenvalue weighted by Gasteiger charge is -2.27. The molecule has 0 atom stereocenters. The summed E-state index contributed by atoms with van der Waals surface area (Å²) >= 11 is 5.77. The predicted molar refractivity (Wildman–Crippen MR) is 121 cm³/mol. The van der Waals surface area contributed by atoms with Crippen LogP contribution in [-0.2, 0) is 13.1 Å². The van der Waals surface area contributed by atoms with Gasteiger partial charge in [-0.1, -0.05) is 29.8 Å². The molecule has 0 spiro atoms. The number of imidazole rings is 1. The first kappa shape index (κ1) is 21.0. The van der Waals surface area contributed by atoms with Crippen molar-refractivity contribution < 1.29 is 4.39 Å². The van der Waals surface area contributed by atoms with Gasteiger partial charge in [0.1, 0.15) is 5.82 Å². The van der Waals surface area contributed by atoms with Crippen molar-refractivity contribution in [1.82, 2.24) is 14.5 Å². The third-order valence-corrected chi connectivity index (χ3v) is 5.25. The third kappa shape index (κ3) is 5.87. The van der Waals surface area contributed by atoms with Gasteiger partial charge < -0.3 is 14.8 Å². The highest BCUT2D eigenvalue weighted by molar-refractivity contribution is 7.80. The number of nitrogens with zero attached hydrogens (tertiary/aromatic N) is 3. The summed E-state index contributed by atoms with van der Waals surface area (Å²) in [5.41, 5.74) is 5.66. The van der Waals surface area contributed by atoms with Crippen LogP contribution in [0.15, 0.2) is 55.1 Å². The van der Waals surface area contributed by atoms with Crippen LogP contribution < -0.4 is 5.32 Å². The molecule has 3 aromatic rings. The molecule has 0 aliphatic rings. The van der Waals surface area contributed by atoms with Gasteiger partial charge in [-0.3, -0.25) is 0 Å². The molecule has 0 saturated carbocycles. The van der Waals surface area contributed by atoms with E-state index >= 15 is 0 Å². The predicted octanol–water partition coefficient (Wildman–Crippen LogP) is 5.24. The van der Waals surface area contributed by atoms with E-state index in [1.54, 1.807) is 6.20 Å². The van der Waals surface area contributed by atoms with Crippen LogP contribution in [0, 0.1) is 26.6 Å². The second kappa shape index (κ2) is 9.65. The minimum absolute atomic E-state index is 0.230. The van der Waals surface area contributed by atoms with Gasteiger partial charge in [0.2, 0.25) is 0 Å². The average Bonchev–Trinajstić information content (AvgIpc) is 3.19. The average molecular weight is 411 g/mol. The number of benzene rings is 2. The molecule has 3 rings (SSSR count). The van der Waals surface area contributed by atoms with Crippen molar-refractivity contribution in [3.63, 3.8) is 0 Å². The standard InChI is InChI=1S/C23H27FN4S/c1-17-13-18(2)22(19(3)14-17)26-23(29)28(11-4-10-27-12-9-25-16-27)15-20-5-7-21(24)8-6-20/h5-9,12-14,16H,4,10-11,15H2,1-3H3,(H,26,29). The molecule has 6 heteroatoms. The lowest BCUT2D eigenvalue weighted by Crippen LogP contribution is -2.35. The number of hydrogen-bond acceptors (Lipinski definition) is 2. The summed E-state index contributed by atoms with van der Waals surface area (Å²) in [6.07, 6.45) is 6.48. The van der Waals surface area contributed by atoms with E-state index in [4.69, 9.17) is 12.2 Å². The maximum absolute atomic E-state index is 13.3. The van der Waals surface area contributed by atoms with Crippen molar-refractivity contribution in [2.45, 2.75) is 40.3 Å². The first-order chi connectivity index (χ1) is 13.9. The number of thiocarbonyl (C=S) groups is 1. The highest BCUT2D eigenvalue weighted by atomic mass is 32.1. The van der Waals surface area contributed by atoms with Crippen LogP contribution in [-0.4, -0.2) is 26.1 Å². The van der Waals surface area contributed by atoms with E-state index < -0.39 is 0 Å². The molecule has 0 amide bonds. The third-order valence-electron chi connectivity index (χ3n) is 4.89. The largest absolute Gasteiger partial charge is 0.345 e. The van der Waals surface area contributed by atoms with Crippen LogP contribution >= 0.6 is 12.2 Å². The fourth-order valence-electron chi connectivity index (χ4n) is 3.49. The summed E-state index contributed by atoms with van der Waals surface area (Å²) in [6, 6.07) is 10.9. The van der Waals surface area contributed by atoms with Gasteiger partial charge in [0.15, 0.2) is 5.11 Å². The van der Waals surface area contributed by atoms with E-state index in [1.165, 1.54) is 28.8 Å². The summed E-state index contributed by atoms with van der Waals surface area (Å²) in [7, 11) is 0. The molecular formula is C23H27FN4S. The zero-order chi connectivity index (χ0) is 20.8. The summed E-state index contributed by atoms with van der Waals surface area (Å²) in [4.78, 5) is 6.23. The molecule has 0 fully saturated rings. The van der Waals surface area contributed by atoms with Gasteiger partial charge in [0, 0.05) is 37.7 Å². The molecule has 29 heavy (non-hydrogen) atoms. The van der Waals surface area contributed by atoms with Crippen molar-refractivity contribution in [2.24, 2.45) is 0 Å². The lowest BCUT2D eigenvalue weighted by atomic mass is 10.1. The van der Waals surface area contributed by atoms with Gasteiger partial charge in [-0.05, 0) is 68.2 Å².